The van der Waals surface area contributed by atoms with Crippen LogP contribution >= 0.6 is 0 Å². The minimum Gasteiger partial charge on any atom is -0.468 e. The van der Waals surface area contributed by atoms with Crippen LogP contribution in [0.2, 0.25) is 18.1 Å². The van der Waals surface area contributed by atoms with Gasteiger partial charge in [0.05, 0.1) is 13.2 Å². The summed E-state index contributed by atoms with van der Waals surface area (Å²) in [6.07, 6.45) is 4.23. The van der Waals surface area contributed by atoms with E-state index >= 15 is 0 Å². The van der Waals surface area contributed by atoms with Gasteiger partial charge in [-0.2, -0.15) is 0 Å². The summed E-state index contributed by atoms with van der Waals surface area (Å²) in [6, 6.07) is 0.0507. The average Bonchev–Trinajstić information content (AvgIpc) is 2.76. The van der Waals surface area contributed by atoms with Gasteiger partial charge in [-0.3, -0.25) is 10.1 Å². The van der Waals surface area contributed by atoms with Crippen LogP contribution in [0.15, 0.2) is 0 Å². The van der Waals surface area contributed by atoms with E-state index in [2.05, 4.69) is 46.1 Å². The van der Waals surface area contributed by atoms with E-state index in [0.29, 0.717) is 0 Å². The first-order valence-corrected chi connectivity index (χ1v) is 11.0. The zero-order valence-corrected chi connectivity index (χ0v) is 15.8. The number of hydrogen-bond donors (Lipinski definition) is 1. The lowest BCUT2D eigenvalue weighted by molar-refractivity contribution is -0.142. The molecule has 0 aliphatic carbocycles. The van der Waals surface area contributed by atoms with Crippen molar-refractivity contribution in [2.45, 2.75) is 89.7 Å². The summed E-state index contributed by atoms with van der Waals surface area (Å²) in [4.78, 5) is 11.8. The molecule has 0 aromatic carbocycles. The number of unbranched alkanes of at least 4 members (excludes halogenated alkanes) is 1. The number of rotatable bonds is 6. The number of carbonyl (C=O) groups excluding carboxylic acids is 1. The molecule has 0 aromatic rings. The fraction of sp³-hybridized carbons (Fsp3) is 0.938. The van der Waals surface area contributed by atoms with Crippen molar-refractivity contribution in [1.29, 1.82) is 0 Å². The average molecular weight is 316 g/mol. The van der Waals surface area contributed by atoms with Gasteiger partial charge < -0.3 is 9.16 Å². The summed E-state index contributed by atoms with van der Waals surface area (Å²) in [6.45, 7) is 13.5. The van der Waals surface area contributed by atoms with Gasteiger partial charge in [-0.05, 0) is 31.0 Å². The molecule has 0 saturated carbocycles. The molecular formula is C16H33NO3Si. The molecule has 1 fully saturated rings. The predicted molar refractivity (Wildman–Crippen MR) is 88.9 cm³/mol. The molecule has 1 saturated heterocycles. The standard InChI is InChI=1S/C16H33NO3Si/c1-8-9-10-12-14(11-13(17-12)15(18)19-5)20-21(6,7)16(2,3)4/h12-14,17H,8-11H2,1-7H3/t12-,13-,14+/m0/s1. The zero-order chi connectivity index (χ0) is 16.3. The minimum absolute atomic E-state index is 0.126. The zero-order valence-electron chi connectivity index (χ0n) is 14.8. The molecular weight excluding hydrogens is 282 g/mol. The second kappa shape index (κ2) is 7.25. The molecule has 0 bridgehead atoms. The third kappa shape index (κ3) is 4.79. The fourth-order valence-corrected chi connectivity index (χ4v) is 3.89. The monoisotopic (exact) mass is 315 g/mol. The third-order valence-electron chi connectivity index (χ3n) is 4.94. The van der Waals surface area contributed by atoms with Gasteiger partial charge in [0.1, 0.15) is 6.04 Å². The summed E-state index contributed by atoms with van der Waals surface area (Å²) < 4.78 is 11.5. The summed E-state index contributed by atoms with van der Waals surface area (Å²) in [5.74, 6) is -0.169. The summed E-state index contributed by atoms with van der Waals surface area (Å²) >= 11 is 0. The molecule has 1 heterocycles. The Kier molecular flexibility index (Phi) is 6.44. The molecule has 0 aromatic heterocycles. The number of hydrogen-bond acceptors (Lipinski definition) is 4. The Hall–Kier alpha value is -0.393. The van der Waals surface area contributed by atoms with Gasteiger partial charge >= 0.3 is 5.97 Å². The molecule has 0 spiro atoms. The van der Waals surface area contributed by atoms with Crippen molar-refractivity contribution in [1.82, 2.24) is 5.32 Å². The fourth-order valence-electron chi connectivity index (χ4n) is 2.52. The summed E-state index contributed by atoms with van der Waals surface area (Å²) in [7, 11) is -0.366. The van der Waals surface area contributed by atoms with Crippen LogP contribution in [0.5, 0.6) is 0 Å². The maximum atomic E-state index is 11.8. The van der Waals surface area contributed by atoms with Crippen molar-refractivity contribution in [2.24, 2.45) is 0 Å². The van der Waals surface area contributed by atoms with Crippen molar-refractivity contribution >= 4 is 14.3 Å². The largest absolute Gasteiger partial charge is 0.468 e. The highest BCUT2D eigenvalue weighted by Crippen LogP contribution is 2.39. The molecule has 1 N–H and O–H groups in total. The van der Waals surface area contributed by atoms with Gasteiger partial charge in [-0.1, -0.05) is 40.5 Å². The first-order valence-electron chi connectivity index (χ1n) is 8.14. The lowest BCUT2D eigenvalue weighted by Crippen LogP contribution is -2.47. The molecule has 124 valence electrons. The maximum Gasteiger partial charge on any atom is 0.322 e. The Morgan fingerprint density at radius 3 is 2.43 bits per heavy atom. The van der Waals surface area contributed by atoms with E-state index in [0.717, 1.165) is 25.7 Å². The number of ether oxygens (including phenoxy) is 1. The van der Waals surface area contributed by atoms with Gasteiger partial charge in [0.2, 0.25) is 0 Å². The second-order valence-electron chi connectivity index (χ2n) is 7.64. The number of methoxy groups -OCH3 is 1. The summed E-state index contributed by atoms with van der Waals surface area (Å²) in [5, 5.41) is 3.61. The minimum atomic E-state index is -1.82. The van der Waals surface area contributed by atoms with Crippen LogP contribution < -0.4 is 5.32 Å². The van der Waals surface area contributed by atoms with Crippen LogP contribution in [0.1, 0.15) is 53.4 Å². The first-order chi connectivity index (χ1) is 9.62. The van der Waals surface area contributed by atoms with Crippen molar-refractivity contribution in [3.63, 3.8) is 0 Å². The van der Waals surface area contributed by atoms with Crippen molar-refractivity contribution in [3.8, 4) is 0 Å². The number of carbonyl (C=O) groups is 1. The lowest BCUT2D eigenvalue weighted by Gasteiger charge is -2.39. The van der Waals surface area contributed by atoms with E-state index in [1.807, 2.05) is 0 Å². The van der Waals surface area contributed by atoms with Crippen LogP contribution in [0.3, 0.4) is 0 Å². The molecule has 21 heavy (non-hydrogen) atoms. The predicted octanol–water partition coefficient (Wildman–Crippen LogP) is 3.47. The Balaban J connectivity index is 2.78. The first kappa shape index (κ1) is 18.7. The molecule has 1 rings (SSSR count). The molecule has 5 heteroatoms. The normalized spacial score (nSPS) is 26.9. The Bertz CT molecular complexity index is 352. The van der Waals surface area contributed by atoms with Crippen LogP contribution in [0, 0.1) is 0 Å². The Labute approximate surface area is 131 Å². The highest BCUT2D eigenvalue weighted by atomic mass is 28.4. The van der Waals surface area contributed by atoms with Gasteiger partial charge in [0.25, 0.3) is 0 Å². The summed E-state index contributed by atoms with van der Waals surface area (Å²) in [5.41, 5.74) is 0. The van der Waals surface area contributed by atoms with Crippen LogP contribution in [-0.2, 0) is 14.0 Å². The number of nitrogens with one attached hydrogen (secondary N) is 1. The molecule has 0 radical (unpaired) electrons. The molecule has 4 nitrogen and oxygen atoms in total. The van der Waals surface area contributed by atoms with Crippen molar-refractivity contribution in [3.05, 3.63) is 0 Å². The molecule has 1 aliphatic rings. The van der Waals surface area contributed by atoms with E-state index in [1.54, 1.807) is 0 Å². The van der Waals surface area contributed by atoms with Crippen LogP contribution in [0.25, 0.3) is 0 Å². The Morgan fingerprint density at radius 1 is 1.33 bits per heavy atom. The SMILES string of the molecule is CCCC[C@@H]1N[C@H](C(=O)OC)C[C@H]1O[Si](C)(C)C(C)(C)C. The van der Waals surface area contributed by atoms with E-state index in [9.17, 15) is 4.79 Å². The van der Waals surface area contributed by atoms with Gasteiger partial charge in [-0.25, -0.2) is 0 Å². The molecule has 0 amide bonds. The Morgan fingerprint density at radius 2 is 1.95 bits per heavy atom. The molecule has 3 atom stereocenters. The van der Waals surface area contributed by atoms with Gasteiger partial charge in [0, 0.05) is 6.04 Å². The second-order valence-corrected chi connectivity index (χ2v) is 12.4. The highest BCUT2D eigenvalue weighted by molar-refractivity contribution is 6.74. The van der Waals surface area contributed by atoms with E-state index in [1.165, 1.54) is 7.11 Å². The van der Waals surface area contributed by atoms with Crippen molar-refractivity contribution < 1.29 is 14.0 Å². The number of esters is 1. The molecule has 1 aliphatic heterocycles. The van der Waals surface area contributed by atoms with E-state index in [-0.39, 0.29) is 29.2 Å². The van der Waals surface area contributed by atoms with Crippen molar-refractivity contribution in [2.75, 3.05) is 7.11 Å². The smallest absolute Gasteiger partial charge is 0.322 e. The van der Waals surface area contributed by atoms with E-state index in [4.69, 9.17) is 9.16 Å². The van der Waals surface area contributed by atoms with Crippen LogP contribution in [-0.4, -0.2) is 39.6 Å². The highest BCUT2D eigenvalue weighted by Gasteiger charge is 2.45. The quantitative estimate of drug-likeness (QED) is 0.602. The van der Waals surface area contributed by atoms with Gasteiger partial charge in [-0.15, -0.1) is 0 Å². The topological polar surface area (TPSA) is 47.6 Å². The lowest BCUT2D eigenvalue weighted by atomic mass is 10.1. The van der Waals surface area contributed by atoms with Crippen LogP contribution in [0.4, 0.5) is 0 Å². The van der Waals surface area contributed by atoms with E-state index < -0.39 is 8.32 Å². The third-order valence-corrected chi connectivity index (χ3v) is 9.44. The molecule has 0 unspecified atom stereocenters. The van der Waals surface area contributed by atoms with Gasteiger partial charge in [0.15, 0.2) is 8.32 Å². The maximum absolute atomic E-state index is 11.8.